The molecule has 0 bridgehead atoms. The quantitative estimate of drug-likeness (QED) is 0.606. The fourth-order valence-electron chi connectivity index (χ4n) is 2.13. The van der Waals surface area contributed by atoms with Crippen LogP contribution in [0.3, 0.4) is 0 Å². The first-order valence-corrected chi connectivity index (χ1v) is 8.72. The smallest absolute Gasteiger partial charge is 0.314 e. The Bertz CT molecular complexity index is 1120. The summed E-state index contributed by atoms with van der Waals surface area (Å²) in [7, 11) is -3.78. The maximum Gasteiger partial charge on any atom is 0.314 e. The van der Waals surface area contributed by atoms with Crippen LogP contribution < -0.4 is 15.8 Å². The lowest BCUT2D eigenvalue weighted by Gasteiger charge is -2.08. The monoisotopic (exact) mass is 365 g/mol. The molecule has 24 heavy (non-hydrogen) atoms. The van der Waals surface area contributed by atoms with Gasteiger partial charge in [-0.2, -0.15) is 0 Å². The number of H-pyrrole nitrogens is 2. The van der Waals surface area contributed by atoms with E-state index in [0.29, 0.717) is 10.5 Å². The Labute approximate surface area is 141 Å². The highest BCUT2D eigenvalue weighted by molar-refractivity contribution is 7.89. The number of aromatic amines is 2. The van der Waals surface area contributed by atoms with E-state index in [1.165, 1.54) is 18.2 Å². The van der Waals surface area contributed by atoms with E-state index in [1.54, 1.807) is 24.3 Å². The van der Waals surface area contributed by atoms with Gasteiger partial charge in [-0.1, -0.05) is 23.7 Å². The van der Waals surface area contributed by atoms with Crippen molar-refractivity contribution in [2.75, 3.05) is 0 Å². The van der Waals surface area contributed by atoms with Crippen LogP contribution in [0.2, 0.25) is 5.02 Å². The highest BCUT2D eigenvalue weighted by Crippen LogP contribution is 2.15. The van der Waals surface area contributed by atoms with Crippen molar-refractivity contribution in [2.24, 2.45) is 0 Å². The Balaban J connectivity index is 1.90. The fraction of sp³-hybridized carbons (Fsp3) is 0.0667. The predicted molar refractivity (Wildman–Crippen MR) is 90.7 cm³/mol. The number of rotatable bonds is 4. The standard InChI is InChI=1S/C15H12ClN3O4S/c16-10-3-1-9(2-4-10)8-17-24(22,23)11-5-6-12-13(7-11)19-15(21)14(20)18-12/h1-7,17H,8H2,(H,18,20)(H,19,21). The molecule has 2 aromatic carbocycles. The number of hydrogen-bond donors (Lipinski definition) is 3. The Hall–Kier alpha value is -2.42. The molecule has 0 aliphatic carbocycles. The number of benzene rings is 2. The van der Waals surface area contributed by atoms with Crippen LogP contribution in [0, 0.1) is 0 Å². The lowest BCUT2D eigenvalue weighted by Crippen LogP contribution is -2.29. The van der Waals surface area contributed by atoms with Gasteiger partial charge in [-0.05, 0) is 35.9 Å². The highest BCUT2D eigenvalue weighted by atomic mass is 35.5. The van der Waals surface area contributed by atoms with Crippen molar-refractivity contribution < 1.29 is 8.42 Å². The molecule has 0 atom stereocenters. The summed E-state index contributed by atoms with van der Waals surface area (Å²) in [6, 6.07) is 10.8. The summed E-state index contributed by atoms with van der Waals surface area (Å²) in [5.41, 5.74) is -0.308. The third kappa shape index (κ3) is 3.40. The molecule has 0 fully saturated rings. The van der Waals surface area contributed by atoms with Crippen molar-refractivity contribution in [3.05, 3.63) is 73.8 Å². The van der Waals surface area contributed by atoms with Gasteiger partial charge in [0, 0.05) is 11.6 Å². The van der Waals surface area contributed by atoms with Crippen molar-refractivity contribution in [3.8, 4) is 0 Å². The third-order valence-electron chi connectivity index (χ3n) is 3.38. The minimum absolute atomic E-state index is 0.0216. The summed E-state index contributed by atoms with van der Waals surface area (Å²) in [6.45, 7) is 0.0969. The van der Waals surface area contributed by atoms with Gasteiger partial charge in [-0.15, -0.1) is 0 Å². The molecule has 0 radical (unpaired) electrons. The number of sulfonamides is 1. The second-order valence-electron chi connectivity index (χ2n) is 5.07. The van der Waals surface area contributed by atoms with Crippen molar-refractivity contribution in [1.82, 2.24) is 14.7 Å². The van der Waals surface area contributed by atoms with Gasteiger partial charge in [0.2, 0.25) is 10.0 Å². The Morgan fingerprint density at radius 1 is 0.917 bits per heavy atom. The van der Waals surface area contributed by atoms with Crippen LogP contribution in [0.1, 0.15) is 5.56 Å². The Morgan fingerprint density at radius 3 is 2.21 bits per heavy atom. The van der Waals surface area contributed by atoms with Gasteiger partial charge in [-0.3, -0.25) is 9.59 Å². The van der Waals surface area contributed by atoms with Gasteiger partial charge >= 0.3 is 11.1 Å². The molecule has 124 valence electrons. The summed E-state index contributed by atoms with van der Waals surface area (Å²) in [5, 5.41) is 0.564. The van der Waals surface area contributed by atoms with Gasteiger partial charge in [-0.25, -0.2) is 13.1 Å². The predicted octanol–water partition coefficient (Wildman–Crippen LogP) is 1.35. The van der Waals surface area contributed by atoms with Crippen LogP contribution in [0.15, 0.2) is 56.9 Å². The largest absolute Gasteiger partial charge is 0.316 e. The van der Waals surface area contributed by atoms with E-state index in [4.69, 9.17) is 11.6 Å². The molecule has 0 aliphatic rings. The van der Waals surface area contributed by atoms with Gasteiger partial charge in [0.25, 0.3) is 0 Å². The molecule has 0 unspecified atom stereocenters. The maximum atomic E-state index is 12.4. The molecule has 0 saturated heterocycles. The van der Waals surface area contributed by atoms with Crippen molar-refractivity contribution in [3.63, 3.8) is 0 Å². The molecular formula is C15H12ClN3O4S. The van der Waals surface area contributed by atoms with E-state index in [2.05, 4.69) is 14.7 Å². The molecule has 1 aromatic heterocycles. The Kier molecular flexibility index (Phi) is 4.27. The lowest BCUT2D eigenvalue weighted by molar-refractivity contribution is 0.581. The number of hydrogen-bond acceptors (Lipinski definition) is 4. The first-order valence-electron chi connectivity index (χ1n) is 6.86. The average Bonchev–Trinajstić information content (AvgIpc) is 2.55. The summed E-state index contributed by atoms with van der Waals surface area (Å²) < 4.78 is 27.2. The summed E-state index contributed by atoms with van der Waals surface area (Å²) in [5.74, 6) is 0. The number of halogens is 1. The molecule has 3 N–H and O–H groups in total. The molecule has 0 spiro atoms. The lowest BCUT2D eigenvalue weighted by atomic mass is 10.2. The molecule has 1 heterocycles. The molecule has 7 nitrogen and oxygen atoms in total. The van der Waals surface area contributed by atoms with E-state index < -0.39 is 21.1 Å². The minimum atomic E-state index is -3.78. The van der Waals surface area contributed by atoms with E-state index in [1.807, 2.05) is 0 Å². The zero-order chi connectivity index (χ0) is 17.3. The van der Waals surface area contributed by atoms with Crippen LogP contribution >= 0.6 is 11.6 Å². The van der Waals surface area contributed by atoms with Gasteiger partial charge in [0.1, 0.15) is 0 Å². The van der Waals surface area contributed by atoms with Crippen LogP contribution in [0.25, 0.3) is 11.0 Å². The summed E-state index contributed by atoms with van der Waals surface area (Å²) >= 11 is 5.78. The molecule has 9 heteroatoms. The number of aromatic nitrogens is 2. The summed E-state index contributed by atoms with van der Waals surface area (Å²) in [6.07, 6.45) is 0. The van der Waals surface area contributed by atoms with Gasteiger partial charge < -0.3 is 9.97 Å². The number of nitrogens with one attached hydrogen (secondary N) is 3. The molecule has 3 aromatic rings. The molecule has 0 aliphatic heterocycles. The van der Waals surface area contributed by atoms with E-state index in [-0.39, 0.29) is 17.0 Å². The SMILES string of the molecule is O=c1[nH]c2ccc(S(=O)(=O)NCc3ccc(Cl)cc3)cc2[nH]c1=O. The molecule has 0 amide bonds. The normalized spacial score (nSPS) is 11.7. The molecular weight excluding hydrogens is 354 g/mol. The second-order valence-corrected chi connectivity index (χ2v) is 7.27. The van der Waals surface area contributed by atoms with Crippen LogP contribution in [0.5, 0.6) is 0 Å². The van der Waals surface area contributed by atoms with Crippen molar-refractivity contribution >= 4 is 32.7 Å². The fourth-order valence-corrected chi connectivity index (χ4v) is 3.29. The maximum absolute atomic E-state index is 12.4. The van der Waals surface area contributed by atoms with E-state index >= 15 is 0 Å². The second kappa shape index (κ2) is 6.23. The highest BCUT2D eigenvalue weighted by Gasteiger charge is 2.15. The Morgan fingerprint density at radius 2 is 1.54 bits per heavy atom. The molecule has 0 saturated carbocycles. The summed E-state index contributed by atoms with van der Waals surface area (Å²) in [4.78, 5) is 27.3. The average molecular weight is 366 g/mol. The van der Waals surface area contributed by atoms with Gasteiger partial charge in [0.05, 0.1) is 15.9 Å². The van der Waals surface area contributed by atoms with Crippen LogP contribution in [-0.2, 0) is 16.6 Å². The van der Waals surface area contributed by atoms with E-state index in [9.17, 15) is 18.0 Å². The first kappa shape index (κ1) is 16.4. The minimum Gasteiger partial charge on any atom is -0.316 e. The zero-order valence-electron chi connectivity index (χ0n) is 12.2. The van der Waals surface area contributed by atoms with E-state index in [0.717, 1.165) is 5.56 Å². The van der Waals surface area contributed by atoms with Crippen molar-refractivity contribution in [1.29, 1.82) is 0 Å². The first-order chi connectivity index (χ1) is 11.3. The van der Waals surface area contributed by atoms with Gasteiger partial charge in [0.15, 0.2) is 0 Å². The number of fused-ring (bicyclic) bond motifs is 1. The van der Waals surface area contributed by atoms with Crippen molar-refractivity contribution in [2.45, 2.75) is 11.4 Å². The zero-order valence-corrected chi connectivity index (χ0v) is 13.7. The van der Waals surface area contributed by atoms with Crippen LogP contribution in [0.4, 0.5) is 0 Å². The van der Waals surface area contributed by atoms with Crippen LogP contribution in [-0.4, -0.2) is 18.4 Å². The third-order valence-corrected chi connectivity index (χ3v) is 5.03. The molecule has 3 rings (SSSR count). The topological polar surface area (TPSA) is 112 Å².